The Balaban J connectivity index is 2.19. The summed E-state index contributed by atoms with van der Waals surface area (Å²) in [6, 6.07) is 14.2. The van der Waals surface area contributed by atoms with Crippen LogP contribution >= 0.6 is 0 Å². The Morgan fingerprint density at radius 3 is 2.09 bits per heavy atom. The summed E-state index contributed by atoms with van der Waals surface area (Å²) >= 11 is 0. The third kappa shape index (κ3) is 2.70. The van der Waals surface area contributed by atoms with E-state index in [2.05, 4.69) is 6.92 Å². The first-order valence-electron chi connectivity index (χ1n) is 7.91. The summed E-state index contributed by atoms with van der Waals surface area (Å²) in [5.41, 5.74) is 9.30. The molecule has 3 heteroatoms. The summed E-state index contributed by atoms with van der Waals surface area (Å²) in [5.74, 6) is -0.100. The molecule has 0 fully saturated rings. The van der Waals surface area contributed by atoms with Crippen molar-refractivity contribution < 1.29 is 9.59 Å². The van der Waals surface area contributed by atoms with Crippen molar-refractivity contribution in [2.24, 2.45) is 0 Å². The molecule has 0 unspecified atom stereocenters. The Bertz CT molecular complexity index is 801. The standard InChI is InChI=1S/C20H19NO2/c1-2-3-6-17-18(13-9-11-14(21)12-10-13)20(23)16-8-5-4-7-15(16)19(17)22/h4-5,7-12H,2-3,6,21H2,1H3. The van der Waals surface area contributed by atoms with Gasteiger partial charge in [0.2, 0.25) is 0 Å². The zero-order valence-corrected chi connectivity index (χ0v) is 13.1. The van der Waals surface area contributed by atoms with Crippen LogP contribution in [0.15, 0.2) is 54.1 Å². The van der Waals surface area contributed by atoms with Crippen molar-refractivity contribution in [2.45, 2.75) is 26.2 Å². The summed E-state index contributed by atoms with van der Waals surface area (Å²) in [5, 5.41) is 0. The number of rotatable bonds is 4. The number of ketones is 2. The van der Waals surface area contributed by atoms with E-state index in [1.54, 1.807) is 36.4 Å². The molecule has 0 saturated carbocycles. The first-order valence-corrected chi connectivity index (χ1v) is 7.91. The molecule has 0 aromatic heterocycles. The van der Waals surface area contributed by atoms with E-state index < -0.39 is 0 Å². The van der Waals surface area contributed by atoms with Gasteiger partial charge in [-0.1, -0.05) is 49.7 Å². The van der Waals surface area contributed by atoms with Gasteiger partial charge in [0.05, 0.1) is 0 Å². The van der Waals surface area contributed by atoms with E-state index in [0.717, 1.165) is 18.4 Å². The number of allylic oxidation sites excluding steroid dienone is 2. The molecule has 2 aromatic carbocycles. The van der Waals surface area contributed by atoms with Gasteiger partial charge in [-0.15, -0.1) is 0 Å². The largest absolute Gasteiger partial charge is 0.399 e. The first kappa shape index (κ1) is 15.2. The third-order valence-corrected chi connectivity index (χ3v) is 4.20. The second-order valence-electron chi connectivity index (χ2n) is 5.78. The van der Waals surface area contributed by atoms with Crippen LogP contribution in [0.5, 0.6) is 0 Å². The van der Waals surface area contributed by atoms with Gasteiger partial charge < -0.3 is 5.73 Å². The Morgan fingerprint density at radius 1 is 0.870 bits per heavy atom. The zero-order valence-electron chi connectivity index (χ0n) is 13.1. The van der Waals surface area contributed by atoms with E-state index in [4.69, 9.17) is 5.73 Å². The molecule has 0 saturated heterocycles. The SMILES string of the molecule is CCCCC1=C(c2ccc(N)cc2)C(=O)c2ccccc2C1=O. The van der Waals surface area contributed by atoms with Gasteiger partial charge in [0, 0.05) is 28.0 Å². The topological polar surface area (TPSA) is 60.2 Å². The van der Waals surface area contributed by atoms with Gasteiger partial charge in [0.15, 0.2) is 11.6 Å². The number of unbranched alkanes of at least 4 members (excludes halogenated alkanes) is 1. The van der Waals surface area contributed by atoms with E-state index in [1.165, 1.54) is 0 Å². The average molecular weight is 305 g/mol. The highest BCUT2D eigenvalue weighted by molar-refractivity contribution is 6.40. The maximum absolute atomic E-state index is 13.0. The van der Waals surface area contributed by atoms with E-state index >= 15 is 0 Å². The smallest absolute Gasteiger partial charge is 0.194 e. The van der Waals surface area contributed by atoms with Crippen LogP contribution in [-0.2, 0) is 0 Å². The quantitative estimate of drug-likeness (QED) is 0.857. The molecule has 2 aromatic rings. The van der Waals surface area contributed by atoms with Gasteiger partial charge in [0.25, 0.3) is 0 Å². The molecular weight excluding hydrogens is 286 g/mol. The van der Waals surface area contributed by atoms with Crippen LogP contribution in [-0.4, -0.2) is 11.6 Å². The highest BCUT2D eigenvalue weighted by atomic mass is 16.1. The molecule has 3 nitrogen and oxygen atoms in total. The normalized spacial score (nSPS) is 14.1. The number of fused-ring (bicyclic) bond motifs is 1. The van der Waals surface area contributed by atoms with Crippen molar-refractivity contribution in [3.63, 3.8) is 0 Å². The molecule has 23 heavy (non-hydrogen) atoms. The van der Waals surface area contributed by atoms with Crippen LogP contribution in [0, 0.1) is 0 Å². The van der Waals surface area contributed by atoms with E-state index in [0.29, 0.717) is 34.4 Å². The van der Waals surface area contributed by atoms with Crippen LogP contribution in [0.25, 0.3) is 5.57 Å². The van der Waals surface area contributed by atoms with Crippen LogP contribution < -0.4 is 5.73 Å². The van der Waals surface area contributed by atoms with Gasteiger partial charge in [0.1, 0.15) is 0 Å². The molecule has 1 aliphatic rings. The van der Waals surface area contributed by atoms with Gasteiger partial charge in [-0.3, -0.25) is 9.59 Å². The Hall–Kier alpha value is -2.68. The fourth-order valence-electron chi connectivity index (χ4n) is 2.97. The van der Waals surface area contributed by atoms with Crippen molar-refractivity contribution in [1.29, 1.82) is 0 Å². The number of carbonyl (C=O) groups is 2. The van der Waals surface area contributed by atoms with Crippen LogP contribution in [0.4, 0.5) is 5.69 Å². The maximum Gasteiger partial charge on any atom is 0.194 e. The number of carbonyl (C=O) groups excluding carboxylic acids is 2. The van der Waals surface area contributed by atoms with Gasteiger partial charge in [-0.05, 0) is 30.5 Å². The summed E-state index contributed by atoms with van der Waals surface area (Å²) in [4.78, 5) is 25.9. The molecule has 3 rings (SSSR count). The Morgan fingerprint density at radius 2 is 1.48 bits per heavy atom. The van der Waals surface area contributed by atoms with E-state index in [9.17, 15) is 9.59 Å². The molecule has 0 heterocycles. The van der Waals surface area contributed by atoms with Gasteiger partial charge in [-0.25, -0.2) is 0 Å². The lowest BCUT2D eigenvalue weighted by Gasteiger charge is -2.21. The van der Waals surface area contributed by atoms with Gasteiger partial charge >= 0.3 is 0 Å². The second-order valence-corrected chi connectivity index (χ2v) is 5.78. The molecule has 0 atom stereocenters. The molecule has 0 amide bonds. The molecule has 0 radical (unpaired) electrons. The van der Waals surface area contributed by atoms with Crippen molar-refractivity contribution >= 4 is 22.8 Å². The van der Waals surface area contributed by atoms with Crippen LogP contribution in [0.2, 0.25) is 0 Å². The average Bonchev–Trinajstić information content (AvgIpc) is 2.58. The lowest BCUT2D eigenvalue weighted by molar-refractivity contribution is 0.0988. The van der Waals surface area contributed by atoms with Crippen molar-refractivity contribution in [3.8, 4) is 0 Å². The number of nitrogens with two attached hydrogens (primary N) is 1. The minimum atomic E-state index is -0.0731. The molecule has 0 aliphatic heterocycles. The number of nitrogen functional groups attached to an aromatic ring is 1. The highest BCUT2D eigenvalue weighted by Crippen LogP contribution is 2.34. The van der Waals surface area contributed by atoms with E-state index in [-0.39, 0.29) is 11.6 Å². The second kappa shape index (κ2) is 6.21. The molecule has 1 aliphatic carbocycles. The third-order valence-electron chi connectivity index (χ3n) is 4.20. The molecule has 0 spiro atoms. The predicted molar refractivity (Wildman–Crippen MR) is 92.4 cm³/mol. The fourth-order valence-corrected chi connectivity index (χ4v) is 2.97. The summed E-state index contributed by atoms with van der Waals surface area (Å²) < 4.78 is 0. The fraction of sp³-hybridized carbons (Fsp3) is 0.200. The summed E-state index contributed by atoms with van der Waals surface area (Å²) in [7, 11) is 0. The molecule has 116 valence electrons. The number of benzene rings is 2. The summed E-state index contributed by atoms with van der Waals surface area (Å²) in [6.45, 7) is 2.08. The number of hydrogen-bond donors (Lipinski definition) is 1. The predicted octanol–water partition coefficient (Wildman–Crippen LogP) is 4.29. The number of hydrogen-bond acceptors (Lipinski definition) is 3. The monoisotopic (exact) mass is 305 g/mol. The van der Waals surface area contributed by atoms with E-state index in [1.807, 2.05) is 12.1 Å². The highest BCUT2D eigenvalue weighted by Gasteiger charge is 2.31. The van der Waals surface area contributed by atoms with Crippen LogP contribution in [0.3, 0.4) is 0 Å². The van der Waals surface area contributed by atoms with Crippen molar-refractivity contribution in [1.82, 2.24) is 0 Å². The Labute approximate surface area is 135 Å². The minimum absolute atomic E-state index is 0.0273. The lowest BCUT2D eigenvalue weighted by Crippen LogP contribution is -2.21. The molecular formula is C20H19NO2. The molecule has 2 N–H and O–H groups in total. The first-order chi connectivity index (χ1) is 11.1. The number of anilines is 1. The van der Waals surface area contributed by atoms with Gasteiger partial charge in [-0.2, -0.15) is 0 Å². The maximum atomic E-state index is 13.0. The zero-order chi connectivity index (χ0) is 16.4. The number of Topliss-reactive ketones (excluding diaryl/α,β-unsaturated/α-hetero) is 2. The lowest BCUT2D eigenvalue weighted by atomic mass is 9.79. The Kier molecular flexibility index (Phi) is 4.11. The summed E-state index contributed by atoms with van der Waals surface area (Å²) in [6.07, 6.45) is 2.48. The van der Waals surface area contributed by atoms with Crippen LogP contribution in [0.1, 0.15) is 52.5 Å². The molecule has 0 bridgehead atoms. The minimum Gasteiger partial charge on any atom is -0.399 e. The van der Waals surface area contributed by atoms with Crippen molar-refractivity contribution in [3.05, 3.63) is 70.8 Å². The van der Waals surface area contributed by atoms with Crippen molar-refractivity contribution in [2.75, 3.05) is 5.73 Å².